The Morgan fingerprint density at radius 2 is 1.94 bits per heavy atom. The first-order chi connectivity index (χ1) is 14.8. The molecule has 2 aromatic heterocycles. The summed E-state index contributed by atoms with van der Waals surface area (Å²) in [5, 5.41) is 23.2. The van der Waals surface area contributed by atoms with Crippen molar-refractivity contribution in [2.45, 2.75) is 31.4 Å². The van der Waals surface area contributed by atoms with Gasteiger partial charge in [0.15, 0.2) is 17.5 Å². The first kappa shape index (κ1) is 22.9. The molecule has 2 heterocycles. The highest BCUT2D eigenvalue weighted by Crippen LogP contribution is 2.36. The molecule has 10 nitrogen and oxygen atoms in total. The van der Waals surface area contributed by atoms with Crippen LogP contribution in [0.2, 0.25) is 5.02 Å². The normalized spacial score (nSPS) is 13.7. The second-order valence-corrected chi connectivity index (χ2v) is 7.63. The number of aliphatic hydroxyl groups is 2. The number of halogens is 1. The van der Waals surface area contributed by atoms with Gasteiger partial charge in [0, 0.05) is 23.8 Å². The van der Waals surface area contributed by atoms with E-state index in [0.717, 1.165) is 0 Å². The number of nitrogens with zero attached hydrogens (tertiary/aromatic N) is 3. The van der Waals surface area contributed by atoms with Gasteiger partial charge < -0.3 is 29.9 Å². The quantitative estimate of drug-likeness (QED) is 0.410. The predicted molar refractivity (Wildman–Crippen MR) is 111 cm³/mol. The zero-order valence-corrected chi connectivity index (χ0v) is 17.7. The third-order valence-electron chi connectivity index (χ3n) is 4.70. The summed E-state index contributed by atoms with van der Waals surface area (Å²) < 4.78 is 16.4. The van der Waals surface area contributed by atoms with E-state index in [4.69, 9.17) is 31.3 Å². The molecule has 0 radical (unpaired) electrons. The van der Waals surface area contributed by atoms with Crippen molar-refractivity contribution in [1.29, 1.82) is 0 Å². The average molecular weight is 451 g/mol. The molecule has 0 fully saturated rings. The Morgan fingerprint density at radius 3 is 2.58 bits per heavy atom. The summed E-state index contributed by atoms with van der Waals surface area (Å²) in [6.45, 7) is 1.95. The maximum Gasteiger partial charge on any atom is 0.314 e. The van der Waals surface area contributed by atoms with Crippen LogP contribution in [0.3, 0.4) is 0 Å². The van der Waals surface area contributed by atoms with E-state index >= 15 is 0 Å². The average Bonchev–Trinajstić information content (AvgIpc) is 3.19. The number of benzene rings is 1. The van der Waals surface area contributed by atoms with Gasteiger partial charge >= 0.3 is 5.97 Å². The highest BCUT2D eigenvalue weighted by atomic mass is 35.5. The van der Waals surface area contributed by atoms with E-state index in [0.29, 0.717) is 33.3 Å². The number of fused-ring (bicyclic) bond motifs is 1. The standard InChI is InChI=1S/C20H23ClN4O6/c1-11(19(28)29-10-20(22,8-26)9-27)17-13-6-14(21)16(7-15(13)31-25-17)30-12(2)18-23-4-3-5-24-18/h3-7,11-12,26-27H,8-10,22H2,1-2H3. The third kappa shape index (κ3) is 5.10. The van der Waals surface area contributed by atoms with Crippen molar-refractivity contribution in [3.8, 4) is 5.75 Å². The molecular weight excluding hydrogens is 428 g/mol. The van der Waals surface area contributed by atoms with Crippen LogP contribution in [0.5, 0.6) is 5.75 Å². The molecular formula is C20H23ClN4O6. The third-order valence-corrected chi connectivity index (χ3v) is 5.00. The summed E-state index contributed by atoms with van der Waals surface area (Å²) in [5.41, 5.74) is 4.99. The Balaban J connectivity index is 1.78. The molecule has 0 amide bonds. The van der Waals surface area contributed by atoms with Gasteiger partial charge in [0.25, 0.3) is 0 Å². The number of aromatic nitrogens is 3. The van der Waals surface area contributed by atoms with Gasteiger partial charge in [-0.3, -0.25) is 4.79 Å². The molecule has 166 valence electrons. The summed E-state index contributed by atoms with van der Waals surface area (Å²) in [6, 6.07) is 4.88. The smallest absolute Gasteiger partial charge is 0.314 e. The summed E-state index contributed by atoms with van der Waals surface area (Å²) >= 11 is 6.38. The molecule has 0 bridgehead atoms. The molecule has 0 aliphatic carbocycles. The van der Waals surface area contributed by atoms with Crippen LogP contribution in [-0.4, -0.2) is 56.7 Å². The van der Waals surface area contributed by atoms with Gasteiger partial charge in [0.1, 0.15) is 24.0 Å². The molecule has 31 heavy (non-hydrogen) atoms. The Kier molecular flexibility index (Phi) is 7.06. The number of nitrogens with two attached hydrogens (primary N) is 1. The molecule has 0 saturated heterocycles. The minimum Gasteiger partial charge on any atom is -0.481 e. The van der Waals surface area contributed by atoms with Crippen molar-refractivity contribution in [2.24, 2.45) is 5.73 Å². The number of hydrogen-bond acceptors (Lipinski definition) is 10. The summed E-state index contributed by atoms with van der Waals surface area (Å²) in [5.74, 6) is -0.596. The summed E-state index contributed by atoms with van der Waals surface area (Å²) in [4.78, 5) is 20.7. The summed E-state index contributed by atoms with van der Waals surface area (Å²) in [6.07, 6.45) is 2.78. The second kappa shape index (κ2) is 9.56. The minimum absolute atomic E-state index is 0.293. The molecule has 0 spiro atoms. The van der Waals surface area contributed by atoms with Crippen molar-refractivity contribution in [2.75, 3.05) is 19.8 Å². The lowest BCUT2D eigenvalue weighted by molar-refractivity contribution is -0.148. The molecule has 2 atom stereocenters. The van der Waals surface area contributed by atoms with Crippen LogP contribution < -0.4 is 10.5 Å². The second-order valence-electron chi connectivity index (χ2n) is 7.22. The van der Waals surface area contributed by atoms with Crippen LogP contribution in [0.1, 0.15) is 37.4 Å². The minimum atomic E-state index is -1.42. The molecule has 4 N–H and O–H groups in total. The number of carbonyl (C=O) groups excluding carboxylic acids is 1. The molecule has 11 heteroatoms. The van der Waals surface area contributed by atoms with Crippen molar-refractivity contribution < 1.29 is 29.0 Å². The fourth-order valence-electron chi connectivity index (χ4n) is 2.72. The number of rotatable bonds is 9. The molecule has 0 saturated carbocycles. The van der Waals surface area contributed by atoms with Gasteiger partial charge in [-0.1, -0.05) is 16.8 Å². The van der Waals surface area contributed by atoms with E-state index in [1.165, 1.54) is 0 Å². The van der Waals surface area contributed by atoms with E-state index in [2.05, 4.69) is 15.1 Å². The fraction of sp³-hybridized carbons (Fsp3) is 0.400. The molecule has 0 aliphatic rings. The summed E-state index contributed by atoms with van der Waals surface area (Å²) in [7, 11) is 0. The fourth-order valence-corrected chi connectivity index (χ4v) is 2.93. The van der Waals surface area contributed by atoms with Crippen LogP contribution in [0, 0.1) is 0 Å². The Labute approximate surface area is 182 Å². The van der Waals surface area contributed by atoms with Crippen molar-refractivity contribution in [1.82, 2.24) is 15.1 Å². The lowest BCUT2D eigenvalue weighted by atomic mass is 10.0. The van der Waals surface area contributed by atoms with E-state index in [9.17, 15) is 15.0 Å². The molecule has 1 aromatic carbocycles. The van der Waals surface area contributed by atoms with Gasteiger partial charge in [-0.05, 0) is 26.0 Å². The maximum absolute atomic E-state index is 12.4. The molecule has 3 aromatic rings. The van der Waals surface area contributed by atoms with Gasteiger partial charge in [0.05, 0.1) is 23.8 Å². The Morgan fingerprint density at radius 1 is 1.26 bits per heavy atom. The van der Waals surface area contributed by atoms with Crippen LogP contribution in [0.15, 0.2) is 35.1 Å². The first-order valence-corrected chi connectivity index (χ1v) is 9.85. The van der Waals surface area contributed by atoms with Crippen LogP contribution in [-0.2, 0) is 9.53 Å². The molecule has 3 rings (SSSR count). The van der Waals surface area contributed by atoms with E-state index in [-0.39, 0.29) is 6.61 Å². The maximum atomic E-state index is 12.4. The van der Waals surface area contributed by atoms with E-state index in [1.807, 2.05) is 0 Å². The monoisotopic (exact) mass is 450 g/mol. The van der Waals surface area contributed by atoms with Gasteiger partial charge in [-0.15, -0.1) is 0 Å². The van der Waals surface area contributed by atoms with Crippen molar-refractivity contribution >= 4 is 28.5 Å². The van der Waals surface area contributed by atoms with Gasteiger partial charge in [-0.2, -0.15) is 0 Å². The first-order valence-electron chi connectivity index (χ1n) is 9.47. The van der Waals surface area contributed by atoms with E-state index in [1.54, 1.807) is 44.4 Å². The van der Waals surface area contributed by atoms with Crippen LogP contribution in [0.25, 0.3) is 11.0 Å². The lowest BCUT2D eigenvalue weighted by Gasteiger charge is -2.24. The Bertz CT molecular complexity index is 1040. The topological polar surface area (TPSA) is 154 Å². The lowest BCUT2D eigenvalue weighted by Crippen LogP contribution is -2.52. The molecule has 2 unspecified atom stereocenters. The predicted octanol–water partition coefficient (Wildman–Crippen LogP) is 1.74. The number of ether oxygens (including phenoxy) is 2. The SMILES string of the molecule is CC(Oc1cc2onc(C(C)C(=O)OCC(N)(CO)CO)c2cc1Cl)c1ncccn1. The zero-order valence-electron chi connectivity index (χ0n) is 17.0. The number of aliphatic hydroxyl groups excluding tert-OH is 2. The zero-order chi connectivity index (χ0) is 22.6. The van der Waals surface area contributed by atoms with Gasteiger partial charge in [-0.25, -0.2) is 9.97 Å². The van der Waals surface area contributed by atoms with Gasteiger partial charge in [0.2, 0.25) is 0 Å². The highest BCUT2D eigenvalue weighted by Gasteiger charge is 2.29. The van der Waals surface area contributed by atoms with Crippen molar-refractivity contribution in [3.05, 3.63) is 47.1 Å². The molecule has 0 aliphatic heterocycles. The number of hydrogen-bond donors (Lipinski definition) is 3. The van der Waals surface area contributed by atoms with Crippen molar-refractivity contribution in [3.63, 3.8) is 0 Å². The number of esters is 1. The van der Waals surface area contributed by atoms with Crippen LogP contribution in [0.4, 0.5) is 0 Å². The van der Waals surface area contributed by atoms with E-state index < -0.39 is 36.7 Å². The largest absolute Gasteiger partial charge is 0.481 e. The Hall–Kier alpha value is -2.79. The van der Waals surface area contributed by atoms with Crippen LogP contribution >= 0.6 is 11.6 Å². The highest BCUT2D eigenvalue weighted by molar-refractivity contribution is 6.32. The number of carbonyl (C=O) groups is 1.